The molecule has 0 aliphatic rings. The molecule has 2 heterocycles. The lowest BCUT2D eigenvalue weighted by atomic mass is 10.3. The molecule has 0 fully saturated rings. The molecule has 0 aliphatic carbocycles. The second-order valence-corrected chi connectivity index (χ2v) is 4.83. The van der Waals surface area contributed by atoms with Gasteiger partial charge < -0.3 is 20.5 Å². The van der Waals surface area contributed by atoms with Gasteiger partial charge in [0.1, 0.15) is 11.6 Å². The fourth-order valence-electron chi connectivity index (χ4n) is 2.00. The number of hydrogen-bond donors (Lipinski definition) is 3. The third kappa shape index (κ3) is 4.17. The maximum absolute atomic E-state index is 8.90. The van der Waals surface area contributed by atoms with Crippen LogP contribution in [0.25, 0.3) is 0 Å². The summed E-state index contributed by atoms with van der Waals surface area (Å²) >= 11 is 0. The van der Waals surface area contributed by atoms with Gasteiger partial charge in [-0.1, -0.05) is 6.07 Å². The van der Waals surface area contributed by atoms with E-state index in [1.54, 1.807) is 18.6 Å². The van der Waals surface area contributed by atoms with Crippen LogP contribution in [0.4, 0.5) is 17.3 Å². The van der Waals surface area contributed by atoms with Crippen molar-refractivity contribution in [1.82, 2.24) is 15.0 Å². The number of aromatic nitrogens is 3. The van der Waals surface area contributed by atoms with Gasteiger partial charge in [0.15, 0.2) is 5.82 Å². The van der Waals surface area contributed by atoms with E-state index in [4.69, 9.17) is 9.84 Å². The van der Waals surface area contributed by atoms with E-state index in [0.717, 1.165) is 11.5 Å². The van der Waals surface area contributed by atoms with Crippen LogP contribution in [-0.4, -0.2) is 33.2 Å². The summed E-state index contributed by atoms with van der Waals surface area (Å²) in [6.45, 7) is 0.381. The quantitative estimate of drug-likeness (QED) is 0.615. The normalized spacial score (nSPS) is 10.2. The predicted octanol–water partition coefficient (Wildman–Crippen LogP) is 2.81. The smallest absolute Gasteiger partial charge is 0.262 e. The largest absolute Gasteiger partial charge is 0.436 e. The van der Waals surface area contributed by atoms with Crippen LogP contribution in [0.15, 0.2) is 61.1 Å². The van der Waals surface area contributed by atoms with Gasteiger partial charge in [0.2, 0.25) is 0 Å². The number of benzene rings is 1. The maximum atomic E-state index is 8.90. The Morgan fingerprint density at radius 1 is 0.917 bits per heavy atom. The molecule has 2 aromatic heterocycles. The lowest BCUT2D eigenvalue weighted by Crippen LogP contribution is -2.08. The fourth-order valence-corrected chi connectivity index (χ4v) is 2.00. The monoisotopic (exact) mass is 323 g/mol. The van der Waals surface area contributed by atoms with Gasteiger partial charge in [0.05, 0.1) is 6.61 Å². The summed E-state index contributed by atoms with van der Waals surface area (Å²) in [4.78, 5) is 12.5. The second-order valence-electron chi connectivity index (χ2n) is 4.83. The van der Waals surface area contributed by atoms with Crippen LogP contribution < -0.4 is 15.4 Å². The molecule has 3 aromatic rings. The summed E-state index contributed by atoms with van der Waals surface area (Å²) in [5.41, 5.74) is 0.902. The first-order chi connectivity index (χ1) is 11.8. The van der Waals surface area contributed by atoms with E-state index < -0.39 is 0 Å². The first-order valence-electron chi connectivity index (χ1n) is 7.47. The van der Waals surface area contributed by atoms with Gasteiger partial charge in [0.25, 0.3) is 5.88 Å². The average molecular weight is 323 g/mol. The fraction of sp³-hybridized carbons (Fsp3) is 0.118. The van der Waals surface area contributed by atoms with E-state index >= 15 is 0 Å². The Morgan fingerprint density at radius 3 is 2.50 bits per heavy atom. The third-order valence-corrected chi connectivity index (χ3v) is 3.08. The molecule has 3 rings (SSSR count). The van der Waals surface area contributed by atoms with Crippen molar-refractivity contribution in [3.8, 4) is 11.6 Å². The second kappa shape index (κ2) is 7.89. The van der Waals surface area contributed by atoms with Gasteiger partial charge in [-0.25, -0.2) is 15.0 Å². The zero-order valence-corrected chi connectivity index (χ0v) is 12.9. The molecular weight excluding hydrogens is 306 g/mol. The molecular formula is C17H17N5O2. The molecule has 0 spiro atoms. The van der Waals surface area contributed by atoms with Crippen LogP contribution in [0.3, 0.4) is 0 Å². The SMILES string of the molecule is OCCNc1nccnc1Oc1ccc(Nc2ccccn2)cc1. The number of pyridine rings is 1. The molecule has 7 nitrogen and oxygen atoms in total. The summed E-state index contributed by atoms with van der Waals surface area (Å²) in [7, 11) is 0. The summed E-state index contributed by atoms with van der Waals surface area (Å²) < 4.78 is 5.75. The molecule has 0 atom stereocenters. The van der Waals surface area contributed by atoms with Crippen molar-refractivity contribution >= 4 is 17.3 Å². The van der Waals surface area contributed by atoms with Crippen molar-refractivity contribution in [1.29, 1.82) is 0 Å². The molecule has 1 aromatic carbocycles. The molecule has 0 unspecified atom stereocenters. The van der Waals surface area contributed by atoms with E-state index in [1.165, 1.54) is 0 Å². The van der Waals surface area contributed by atoms with Gasteiger partial charge in [-0.3, -0.25) is 0 Å². The minimum Gasteiger partial charge on any atom is -0.436 e. The number of aliphatic hydroxyl groups is 1. The van der Waals surface area contributed by atoms with E-state index in [0.29, 0.717) is 24.0 Å². The summed E-state index contributed by atoms with van der Waals surface area (Å²) in [5.74, 6) is 2.25. The molecule has 0 amide bonds. The Bertz CT molecular complexity index is 765. The minimum absolute atomic E-state index is 0.00387. The van der Waals surface area contributed by atoms with Crippen LogP contribution in [0.1, 0.15) is 0 Å². The lowest BCUT2D eigenvalue weighted by molar-refractivity contribution is 0.310. The Kier molecular flexibility index (Phi) is 5.16. The van der Waals surface area contributed by atoms with E-state index in [-0.39, 0.29) is 6.61 Å². The zero-order valence-electron chi connectivity index (χ0n) is 12.9. The number of ether oxygens (including phenoxy) is 1. The number of hydrogen-bond acceptors (Lipinski definition) is 7. The molecule has 0 saturated carbocycles. The van der Waals surface area contributed by atoms with Gasteiger partial charge in [-0.2, -0.15) is 0 Å². The van der Waals surface area contributed by atoms with Crippen molar-refractivity contribution in [2.75, 3.05) is 23.8 Å². The van der Waals surface area contributed by atoms with Crippen LogP contribution >= 0.6 is 0 Å². The molecule has 0 aliphatic heterocycles. The van der Waals surface area contributed by atoms with Gasteiger partial charge in [-0.05, 0) is 36.4 Å². The van der Waals surface area contributed by atoms with Crippen LogP contribution in [0.5, 0.6) is 11.6 Å². The highest BCUT2D eigenvalue weighted by atomic mass is 16.5. The number of aliphatic hydroxyl groups excluding tert-OH is 1. The van der Waals surface area contributed by atoms with Crippen LogP contribution in [-0.2, 0) is 0 Å². The highest BCUT2D eigenvalue weighted by Crippen LogP contribution is 2.26. The Hall–Kier alpha value is -3.19. The van der Waals surface area contributed by atoms with Crippen molar-refractivity contribution < 1.29 is 9.84 Å². The van der Waals surface area contributed by atoms with Crippen molar-refractivity contribution in [3.63, 3.8) is 0 Å². The number of anilines is 3. The van der Waals surface area contributed by atoms with Crippen LogP contribution in [0, 0.1) is 0 Å². The number of rotatable bonds is 7. The molecule has 3 N–H and O–H groups in total. The Labute approximate surface area is 139 Å². The van der Waals surface area contributed by atoms with Gasteiger partial charge >= 0.3 is 0 Å². The first-order valence-corrected chi connectivity index (χ1v) is 7.47. The Morgan fingerprint density at radius 2 is 1.75 bits per heavy atom. The van der Waals surface area contributed by atoms with Crippen molar-refractivity contribution in [2.24, 2.45) is 0 Å². The number of nitrogens with zero attached hydrogens (tertiary/aromatic N) is 3. The van der Waals surface area contributed by atoms with E-state index in [2.05, 4.69) is 25.6 Å². The summed E-state index contributed by atoms with van der Waals surface area (Å²) in [5, 5.41) is 15.1. The molecule has 7 heteroatoms. The zero-order chi connectivity index (χ0) is 16.6. The third-order valence-electron chi connectivity index (χ3n) is 3.08. The van der Waals surface area contributed by atoms with Gasteiger partial charge in [-0.15, -0.1) is 0 Å². The standard InChI is InChI=1S/C17H17N5O2/c23-12-11-20-16-17(21-10-9-19-16)24-14-6-4-13(5-7-14)22-15-3-1-2-8-18-15/h1-10,23H,11-12H2,(H,18,22)(H,19,20). The van der Waals surface area contributed by atoms with Crippen molar-refractivity contribution in [2.45, 2.75) is 0 Å². The van der Waals surface area contributed by atoms with Crippen LogP contribution in [0.2, 0.25) is 0 Å². The van der Waals surface area contributed by atoms with E-state index in [9.17, 15) is 0 Å². The maximum Gasteiger partial charge on any atom is 0.262 e. The highest BCUT2D eigenvalue weighted by Gasteiger charge is 2.07. The van der Waals surface area contributed by atoms with Gasteiger partial charge in [0, 0.05) is 30.8 Å². The molecule has 0 saturated heterocycles. The highest BCUT2D eigenvalue weighted by molar-refractivity contribution is 5.57. The average Bonchev–Trinajstić information content (AvgIpc) is 2.63. The molecule has 122 valence electrons. The minimum atomic E-state index is 0.00387. The lowest BCUT2D eigenvalue weighted by Gasteiger charge is -2.10. The first kappa shape index (κ1) is 15.7. The Balaban J connectivity index is 1.68. The summed E-state index contributed by atoms with van der Waals surface area (Å²) in [6, 6.07) is 13.1. The van der Waals surface area contributed by atoms with Crippen molar-refractivity contribution in [3.05, 3.63) is 61.1 Å². The molecule has 24 heavy (non-hydrogen) atoms. The number of nitrogens with one attached hydrogen (secondary N) is 2. The topological polar surface area (TPSA) is 92.2 Å². The molecule has 0 radical (unpaired) electrons. The molecule has 0 bridgehead atoms. The van der Waals surface area contributed by atoms with E-state index in [1.807, 2.05) is 42.5 Å². The summed E-state index contributed by atoms with van der Waals surface area (Å²) in [6.07, 6.45) is 4.84. The predicted molar refractivity (Wildman–Crippen MR) is 91.6 cm³/mol.